The molecule has 0 saturated heterocycles. The van der Waals surface area contributed by atoms with Crippen molar-refractivity contribution in [1.82, 2.24) is 13.9 Å². The Balaban J connectivity index is 1.93. The average molecular weight is 340 g/mol. The molecule has 2 aliphatic rings. The minimum atomic E-state index is -0.657. The van der Waals surface area contributed by atoms with Crippen LogP contribution in [0.5, 0.6) is 5.75 Å². The molecule has 25 heavy (non-hydrogen) atoms. The number of aromatic nitrogens is 3. The van der Waals surface area contributed by atoms with Crippen molar-refractivity contribution in [1.29, 1.82) is 0 Å². The highest BCUT2D eigenvalue weighted by atomic mass is 16.5. The van der Waals surface area contributed by atoms with Crippen LogP contribution in [-0.2, 0) is 7.05 Å². The number of hydrogen-bond donors (Lipinski definition) is 0. The summed E-state index contributed by atoms with van der Waals surface area (Å²) in [4.78, 5) is 39.4. The molecule has 1 aliphatic heterocycles. The van der Waals surface area contributed by atoms with Gasteiger partial charge in [-0.3, -0.25) is 4.90 Å². The van der Waals surface area contributed by atoms with E-state index in [9.17, 15) is 14.4 Å². The molecule has 2 heterocycles. The van der Waals surface area contributed by atoms with Crippen LogP contribution in [0.1, 0.15) is 6.04 Å². The molecule has 0 N–H and O–H groups in total. The van der Waals surface area contributed by atoms with Crippen LogP contribution in [0.25, 0.3) is 0 Å². The van der Waals surface area contributed by atoms with E-state index in [1.165, 1.54) is 16.6 Å². The van der Waals surface area contributed by atoms with Crippen molar-refractivity contribution in [3.63, 3.8) is 0 Å². The molecule has 1 aliphatic carbocycles. The zero-order chi connectivity index (χ0) is 17.7. The van der Waals surface area contributed by atoms with Crippen molar-refractivity contribution in [2.24, 2.45) is 7.05 Å². The molecule has 2 aromatic rings. The lowest BCUT2D eigenvalue weighted by molar-refractivity contribution is 0.223. The molecule has 0 fully saturated rings. The van der Waals surface area contributed by atoms with E-state index in [0.717, 1.165) is 9.25 Å². The van der Waals surface area contributed by atoms with E-state index in [1.54, 1.807) is 37.5 Å². The van der Waals surface area contributed by atoms with Gasteiger partial charge in [0.05, 0.1) is 19.2 Å². The van der Waals surface area contributed by atoms with Crippen molar-refractivity contribution in [3.8, 4) is 5.75 Å². The zero-order valence-corrected chi connectivity index (χ0v) is 13.7. The predicted octanol–water partition coefficient (Wildman–Crippen LogP) is 0.881. The molecular formula is C17H16N4O4. The quantitative estimate of drug-likeness (QED) is 0.813. The minimum Gasteiger partial charge on any atom is -0.497 e. The number of allylic oxidation sites excluding steroid dienone is 2. The first-order valence-electron chi connectivity index (χ1n) is 7.77. The Morgan fingerprint density at radius 3 is 2.20 bits per heavy atom. The highest BCUT2D eigenvalue weighted by Crippen LogP contribution is 2.32. The van der Waals surface area contributed by atoms with E-state index in [2.05, 4.69) is 0 Å². The van der Waals surface area contributed by atoms with Gasteiger partial charge in [0.1, 0.15) is 5.75 Å². The van der Waals surface area contributed by atoms with Gasteiger partial charge in [-0.1, -0.05) is 24.3 Å². The van der Waals surface area contributed by atoms with Crippen molar-refractivity contribution < 1.29 is 9.53 Å². The van der Waals surface area contributed by atoms with E-state index >= 15 is 0 Å². The van der Waals surface area contributed by atoms with Gasteiger partial charge in [-0.25, -0.2) is 23.6 Å². The van der Waals surface area contributed by atoms with Crippen LogP contribution in [0.2, 0.25) is 0 Å². The molecule has 4 rings (SSSR count). The maximum absolute atomic E-state index is 13.0. The summed E-state index contributed by atoms with van der Waals surface area (Å²) in [6.45, 7) is 0. The van der Waals surface area contributed by atoms with Gasteiger partial charge >= 0.3 is 17.4 Å². The number of fused-ring (bicyclic) bond motifs is 3. The third kappa shape index (κ3) is 2.03. The SMILES string of the molecule is COc1ccc(N2C(=O)n3c(=O)n(C)c(=O)n3[C@H]3C=CC=C[C@H]32)cc1. The van der Waals surface area contributed by atoms with Crippen LogP contribution >= 0.6 is 0 Å². The first kappa shape index (κ1) is 15.3. The minimum absolute atomic E-state index is 0.398. The Hall–Kier alpha value is -3.29. The lowest BCUT2D eigenvalue weighted by Crippen LogP contribution is -2.57. The molecule has 0 radical (unpaired) electrons. The summed E-state index contributed by atoms with van der Waals surface area (Å²) < 4.78 is 8.21. The number of amides is 1. The molecule has 1 amide bonds. The van der Waals surface area contributed by atoms with Crippen molar-refractivity contribution in [3.05, 3.63) is 69.5 Å². The Morgan fingerprint density at radius 1 is 0.920 bits per heavy atom. The largest absolute Gasteiger partial charge is 0.497 e. The molecule has 0 unspecified atom stereocenters. The molecule has 2 atom stereocenters. The van der Waals surface area contributed by atoms with Gasteiger partial charge in [0.2, 0.25) is 0 Å². The van der Waals surface area contributed by atoms with Crippen LogP contribution in [0.4, 0.5) is 10.5 Å². The molecule has 128 valence electrons. The molecule has 8 nitrogen and oxygen atoms in total. The van der Waals surface area contributed by atoms with Crippen molar-refractivity contribution >= 4 is 11.7 Å². The second kappa shape index (κ2) is 5.37. The summed E-state index contributed by atoms with van der Waals surface area (Å²) in [6.07, 6.45) is 7.29. The van der Waals surface area contributed by atoms with Gasteiger partial charge in [-0.05, 0) is 24.3 Å². The van der Waals surface area contributed by atoms with Crippen LogP contribution in [-0.4, -0.2) is 33.1 Å². The van der Waals surface area contributed by atoms with Crippen LogP contribution in [0.3, 0.4) is 0 Å². The van der Waals surface area contributed by atoms with E-state index < -0.39 is 29.5 Å². The summed E-state index contributed by atoms with van der Waals surface area (Å²) >= 11 is 0. The maximum atomic E-state index is 13.0. The Labute approximate surface area is 142 Å². The number of nitrogens with zero attached hydrogens (tertiary/aromatic N) is 4. The number of ether oxygens (including phenoxy) is 1. The van der Waals surface area contributed by atoms with Crippen LogP contribution in [0.15, 0.2) is 58.2 Å². The Bertz CT molecular complexity index is 1020. The average Bonchev–Trinajstić information content (AvgIpc) is 2.87. The fourth-order valence-electron chi connectivity index (χ4n) is 3.29. The molecule has 8 heteroatoms. The van der Waals surface area contributed by atoms with Crippen molar-refractivity contribution in [2.75, 3.05) is 12.0 Å². The molecule has 1 aromatic heterocycles. The standard InChI is InChI=1S/C17H16N4O4/c1-18-15(22)20-14-6-4-3-5-13(14)19(17(24)21(20)16(18)23)11-7-9-12(25-2)10-8-11/h3-10,13-14H,1-2H3/t13-,14+/m1/s1. The monoisotopic (exact) mass is 340 g/mol. The number of carbonyl (C=O) groups is 1. The van der Waals surface area contributed by atoms with Gasteiger partial charge in [0.25, 0.3) is 0 Å². The molecule has 0 bridgehead atoms. The summed E-state index contributed by atoms with van der Waals surface area (Å²) in [7, 11) is 2.93. The summed E-state index contributed by atoms with van der Waals surface area (Å²) in [5.74, 6) is 0.664. The predicted molar refractivity (Wildman–Crippen MR) is 91.3 cm³/mol. The van der Waals surface area contributed by atoms with Crippen LogP contribution in [0, 0.1) is 0 Å². The van der Waals surface area contributed by atoms with Gasteiger partial charge in [-0.15, -0.1) is 4.68 Å². The molecule has 0 saturated carbocycles. The third-order valence-corrected chi connectivity index (χ3v) is 4.56. The van der Waals surface area contributed by atoms with Gasteiger partial charge in [0.15, 0.2) is 0 Å². The van der Waals surface area contributed by atoms with Gasteiger partial charge < -0.3 is 4.74 Å². The highest BCUT2D eigenvalue weighted by Gasteiger charge is 2.41. The number of benzene rings is 1. The maximum Gasteiger partial charge on any atom is 0.355 e. The van der Waals surface area contributed by atoms with Gasteiger partial charge in [-0.2, -0.15) is 0 Å². The fraction of sp³-hybridized carbons (Fsp3) is 0.235. The number of carbonyl (C=O) groups excluding carboxylic acids is 1. The van der Waals surface area contributed by atoms with Crippen LogP contribution < -0.4 is 21.0 Å². The Kier molecular flexibility index (Phi) is 3.28. The summed E-state index contributed by atoms with van der Waals surface area (Å²) in [5.41, 5.74) is -0.548. The van der Waals surface area contributed by atoms with E-state index in [0.29, 0.717) is 11.4 Å². The van der Waals surface area contributed by atoms with Crippen molar-refractivity contribution in [2.45, 2.75) is 12.1 Å². The lowest BCUT2D eigenvalue weighted by atomic mass is 10.00. The Morgan fingerprint density at radius 2 is 1.56 bits per heavy atom. The fourth-order valence-corrected chi connectivity index (χ4v) is 3.29. The number of methoxy groups -OCH3 is 1. The van der Waals surface area contributed by atoms with E-state index in [-0.39, 0.29) is 0 Å². The second-order valence-electron chi connectivity index (χ2n) is 5.88. The number of rotatable bonds is 2. The third-order valence-electron chi connectivity index (χ3n) is 4.56. The number of anilines is 1. The second-order valence-corrected chi connectivity index (χ2v) is 5.88. The number of hydrogen-bond acceptors (Lipinski definition) is 4. The van der Waals surface area contributed by atoms with E-state index in [1.807, 2.05) is 18.2 Å². The molecule has 0 spiro atoms. The topological polar surface area (TPSA) is 78.5 Å². The summed E-state index contributed by atoms with van der Waals surface area (Å²) in [5, 5.41) is 0. The first-order chi connectivity index (χ1) is 12.0. The zero-order valence-electron chi connectivity index (χ0n) is 13.7. The molecular weight excluding hydrogens is 324 g/mol. The summed E-state index contributed by atoms with van der Waals surface area (Å²) in [6, 6.07) is 5.58. The van der Waals surface area contributed by atoms with E-state index in [4.69, 9.17) is 4.74 Å². The first-order valence-corrected chi connectivity index (χ1v) is 7.77. The van der Waals surface area contributed by atoms with Gasteiger partial charge in [0, 0.05) is 12.7 Å². The lowest BCUT2D eigenvalue weighted by Gasteiger charge is -2.39. The highest BCUT2D eigenvalue weighted by molar-refractivity contribution is 5.95. The smallest absolute Gasteiger partial charge is 0.355 e. The normalized spacial score (nSPS) is 21.2. The molecule has 1 aromatic carbocycles.